The first kappa shape index (κ1) is 14.0. The van der Waals surface area contributed by atoms with Gasteiger partial charge in [-0.15, -0.1) is 0 Å². The molecule has 0 atom stereocenters. The average Bonchev–Trinajstić information content (AvgIpc) is 2.41. The van der Waals surface area contributed by atoms with Crippen molar-refractivity contribution >= 4 is 11.8 Å². The van der Waals surface area contributed by atoms with E-state index in [1.54, 1.807) is 0 Å². The van der Waals surface area contributed by atoms with E-state index in [1.165, 1.54) is 42.4 Å². The molecule has 2 heteroatoms. The molecule has 0 aromatic heterocycles. The highest BCUT2D eigenvalue weighted by Crippen LogP contribution is 2.34. The molecule has 1 aromatic carbocycles. The molecule has 1 fully saturated rings. The molecule has 18 heavy (non-hydrogen) atoms. The number of rotatable bonds is 4. The molecule has 0 bridgehead atoms. The van der Waals surface area contributed by atoms with Crippen LogP contribution >= 0.6 is 11.8 Å². The van der Waals surface area contributed by atoms with Crippen LogP contribution in [0.15, 0.2) is 18.2 Å². The van der Waals surface area contributed by atoms with Crippen LogP contribution in [0.3, 0.4) is 0 Å². The Morgan fingerprint density at radius 1 is 1.22 bits per heavy atom. The monoisotopic (exact) mass is 264 g/mol. The van der Waals surface area contributed by atoms with Crippen molar-refractivity contribution in [3.63, 3.8) is 0 Å². The predicted octanol–water partition coefficient (Wildman–Crippen LogP) is 4.53. The standard InChI is InChI=1S/C16H24OS/c1-12-10-14(4-5-15(12)11-18-3)13-6-8-16(17-2)9-7-13/h4-5,10,13,16H,6-9,11H2,1-3H3/t13-,16+. The van der Waals surface area contributed by atoms with Crippen molar-refractivity contribution < 1.29 is 4.74 Å². The Labute approximate surface area is 115 Å². The Morgan fingerprint density at radius 3 is 2.50 bits per heavy atom. The zero-order chi connectivity index (χ0) is 13.0. The van der Waals surface area contributed by atoms with Crippen LogP contribution in [0.2, 0.25) is 0 Å². The van der Waals surface area contributed by atoms with Gasteiger partial charge in [0.05, 0.1) is 6.10 Å². The van der Waals surface area contributed by atoms with Crippen LogP contribution < -0.4 is 0 Å². The Hall–Kier alpha value is -0.470. The molecule has 0 unspecified atom stereocenters. The van der Waals surface area contributed by atoms with Crippen LogP contribution in [0.25, 0.3) is 0 Å². The maximum absolute atomic E-state index is 5.45. The second kappa shape index (κ2) is 6.63. The lowest BCUT2D eigenvalue weighted by Crippen LogP contribution is -2.19. The van der Waals surface area contributed by atoms with E-state index in [9.17, 15) is 0 Å². The minimum Gasteiger partial charge on any atom is -0.381 e. The van der Waals surface area contributed by atoms with E-state index in [2.05, 4.69) is 31.4 Å². The van der Waals surface area contributed by atoms with Crippen molar-refractivity contribution in [1.29, 1.82) is 0 Å². The van der Waals surface area contributed by atoms with Crippen molar-refractivity contribution in [2.75, 3.05) is 13.4 Å². The number of methoxy groups -OCH3 is 1. The van der Waals surface area contributed by atoms with E-state index >= 15 is 0 Å². The molecule has 0 N–H and O–H groups in total. The van der Waals surface area contributed by atoms with Gasteiger partial charge in [-0.3, -0.25) is 0 Å². The van der Waals surface area contributed by atoms with Gasteiger partial charge in [-0.25, -0.2) is 0 Å². The summed E-state index contributed by atoms with van der Waals surface area (Å²) in [6.07, 6.45) is 7.65. The molecule has 1 saturated carbocycles. The molecular weight excluding hydrogens is 240 g/mol. The summed E-state index contributed by atoms with van der Waals surface area (Å²) in [5.74, 6) is 1.88. The first-order valence-corrected chi connectivity index (χ1v) is 8.25. The summed E-state index contributed by atoms with van der Waals surface area (Å²) in [5, 5.41) is 0. The normalized spacial score (nSPS) is 24.2. The van der Waals surface area contributed by atoms with Crippen LogP contribution in [0.5, 0.6) is 0 Å². The van der Waals surface area contributed by atoms with Crippen molar-refractivity contribution in [2.24, 2.45) is 0 Å². The van der Waals surface area contributed by atoms with E-state index < -0.39 is 0 Å². The number of hydrogen-bond acceptors (Lipinski definition) is 2. The maximum atomic E-state index is 5.45. The number of thioether (sulfide) groups is 1. The summed E-state index contributed by atoms with van der Waals surface area (Å²) in [6.45, 7) is 2.25. The summed E-state index contributed by atoms with van der Waals surface area (Å²) in [6, 6.07) is 7.07. The first-order valence-electron chi connectivity index (χ1n) is 6.85. The maximum Gasteiger partial charge on any atom is 0.0571 e. The quantitative estimate of drug-likeness (QED) is 0.790. The highest BCUT2D eigenvalue weighted by atomic mass is 32.2. The average molecular weight is 264 g/mol. The van der Waals surface area contributed by atoms with E-state index in [4.69, 9.17) is 4.74 Å². The van der Waals surface area contributed by atoms with Gasteiger partial charge in [0.15, 0.2) is 0 Å². The van der Waals surface area contributed by atoms with Gasteiger partial charge in [-0.1, -0.05) is 18.2 Å². The smallest absolute Gasteiger partial charge is 0.0571 e. The lowest BCUT2D eigenvalue weighted by Gasteiger charge is -2.28. The molecule has 100 valence electrons. The zero-order valence-corrected chi connectivity index (χ0v) is 12.6. The minimum atomic E-state index is 0.498. The SMILES string of the molecule is CO[C@H]1CC[C@@H](c2ccc(CSC)c(C)c2)CC1. The lowest BCUT2D eigenvalue weighted by atomic mass is 9.82. The number of hydrogen-bond donors (Lipinski definition) is 0. The van der Waals surface area contributed by atoms with Gasteiger partial charge in [0.2, 0.25) is 0 Å². The summed E-state index contributed by atoms with van der Waals surface area (Å²) in [4.78, 5) is 0. The van der Waals surface area contributed by atoms with Crippen LogP contribution in [0.4, 0.5) is 0 Å². The topological polar surface area (TPSA) is 9.23 Å². The van der Waals surface area contributed by atoms with E-state index in [0.717, 1.165) is 11.7 Å². The molecule has 2 rings (SSSR count). The number of benzene rings is 1. The van der Waals surface area contributed by atoms with Gasteiger partial charge in [-0.05, 0) is 61.5 Å². The third kappa shape index (κ3) is 3.30. The first-order chi connectivity index (χ1) is 8.74. The van der Waals surface area contributed by atoms with Crippen molar-refractivity contribution in [1.82, 2.24) is 0 Å². The second-order valence-electron chi connectivity index (χ2n) is 5.33. The fourth-order valence-corrected chi connectivity index (χ4v) is 3.56. The molecule has 1 nitrogen and oxygen atoms in total. The molecule has 1 aliphatic carbocycles. The second-order valence-corrected chi connectivity index (χ2v) is 6.19. The summed E-state index contributed by atoms with van der Waals surface area (Å²) in [7, 11) is 1.84. The summed E-state index contributed by atoms with van der Waals surface area (Å²) >= 11 is 1.90. The van der Waals surface area contributed by atoms with Crippen molar-refractivity contribution in [3.05, 3.63) is 34.9 Å². The van der Waals surface area contributed by atoms with Gasteiger partial charge in [0.25, 0.3) is 0 Å². The van der Waals surface area contributed by atoms with Gasteiger partial charge >= 0.3 is 0 Å². The van der Waals surface area contributed by atoms with E-state index in [0.29, 0.717) is 6.10 Å². The van der Waals surface area contributed by atoms with Gasteiger partial charge in [0, 0.05) is 12.9 Å². The largest absolute Gasteiger partial charge is 0.381 e. The molecule has 1 aromatic rings. The number of aryl methyl sites for hydroxylation is 1. The predicted molar refractivity (Wildman–Crippen MR) is 80.4 cm³/mol. The number of ether oxygens (including phenoxy) is 1. The minimum absolute atomic E-state index is 0.498. The summed E-state index contributed by atoms with van der Waals surface area (Å²) in [5.41, 5.74) is 4.47. The Bertz CT molecular complexity index is 381. The third-order valence-electron chi connectivity index (χ3n) is 4.15. The van der Waals surface area contributed by atoms with Crippen LogP contribution in [0.1, 0.15) is 48.3 Å². The van der Waals surface area contributed by atoms with Crippen molar-refractivity contribution in [2.45, 2.75) is 50.4 Å². The van der Waals surface area contributed by atoms with Gasteiger partial charge in [-0.2, -0.15) is 11.8 Å². The highest BCUT2D eigenvalue weighted by molar-refractivity contribution is 7.97. The molecular formula is C16H24OS. The highest BCUT2D eigenvalue weighted by Gasteiger charge is 2.22. The fourth-order valence-electron chi connectivity index (χ4n) is 2.92. The zero-order valence-electron chi connectivity index (χ0n) is 11.7. The molecule has 0 aliphatic heterocycles. The van der Waals surface area contributed by atoms with Gasteiger partial charge < -0.3 is 4.74 Å². The summed E-state index contributed by atoms with van der Waals surface area (Å²) < 4.78 is 5.45. The third-order valence-corrected chi connectivity index (χ3v) is 4.75. The Balaban J connectivity index is 2.03. The fraction of sp³-hybridized carbons (Fsp3) is 0.625. The van der Waals surface area contributed by atoms with Crippen LogP contribution in [-0.4, -0.2) is 19.5 Å². The molecule has 0 radical (unpaired) electrons. The molecule has 1 aliphatic rings. The Kier molecular flexibility index (Phi) is 5.13. The van der Waals surface area contributed by atoms with E-state index in [1.807, 2.05) is 18.9 Å². The van der Waals surface area contributed by atoms with E-state index in [-0.39, 0.29) is 0 Å². The van der Waals surface area contributed by atoms with Crippen LogP contribution in [0, 0.1) is 6.92 Å². The van der Waals surface area contributed by atoms with Gasteiger partial charge in [0.1, 0.15) is 0 Å². The molecule has 0 saturated heterocycles. The Morgan fingerprint density at radius 2 is 1.94 bits per heavy atom. The van der Waals surface area contributed by atoms with Crippen LogP contribution in [-0.2, 0) is 10.5 Å². The molecule has 0 heterocycles. The molecule has 0 amide bonds. The molecule has 0 spiro atoms. The lowest BCUT2D eigenvalue weighted by molar-refractivity contribution is 0.0658. The van der Waals surface area contributed by atoms with Crippen molar-refractivity contribution in [3.8, 4) is 0 Å².